The number of carbonyl (C=O) groups excluding carboxylic acids is 1. The van der Waals surface area contributed by atoms with Crippen molar-refractivity contribution < 1.29 is 9.21 Å². The first-order valence-electron chi connectivity index (χ1n) is 7.32. The molecule has 3 nitrogen and oxygen atoms in total. The molecule has 1 heterocycles. The van der Waals surface area contributed by atoms with Crippen LogP contribution in [0.2, 0.25) is 0 Å². The molecule has 0 radical (unpaired) electrons. The minimum atomic E-state index is -0.162. The zero-order chi connectivity index (χ0) is 15.1. The van der Waals surface area contributed by atoms with Crippen LogP contribution in [0.5, 0.6) is 0 Å². The molecule has 0 aliphatic rings. The molecule has 1 amide bonds. The van der Waals surface area contributed by atoms with Gasteiger partial charge in [-0.15, -0.1) is 0 Å². The van der Waals surface area contributed by atoms with Crippen molar-refractivity contribution in [2.75, 3.05) is 5.32 Å². The molecule has 2 aromatic rings. The van der Waals surface area contributed by atoms with Gasteiger partial charge in [-0.3, -0.25) is 4.79 Å². The maximum atomic E-state index is 11.8. The van der Waals surface area contributed by atoms with Crippen molar-refractivity contribution in [3.05, 3.63) is 59.6 Å². The molecule has 1 N–H and O–H groups in total. The summed E-state index contributed by atoms with van der Waals surface area (Å²) in [7, 11) is 0. The van der Waals surface area contributed by atoms with E-state index < -0.39 is 0 Å². The average molecular weight is 283 g/mol. The Balaban J connectivity index is 1.88. The summed E-state index contributed by atoms with van der Waals surface area (Å²) >= 11 is 0. The zero-order valence-corrected chi connectivity index (χ0v) is 12.6. The second kappa shape index (κ2) is 7.48. The van der Waals surface area contributed by atoms with Crippen LogP contribution in [0.4, 0.5) is 5.69 Å². The highest BCUT2D eigenvalue weighted by atomic mass is 16.3. The topological polar surface area (TPSA) is 42.2 Å². The molecule has 110 valence electrons. The third kappa shape index (κ3) is 4.95. The molecule has 1 aromatic carbocycles. The SMILES string of the molecule is CCCCc1ccc(NC(=O)C=Cc2ccc(C)o2)cc1. The molecule has 0 fully saturated rings. The number of unbranched alkanes of at least 4 members (excludes halogenated alkanes) is 1. The predicted molar refractivity (Wildman–Crippen MR) is 86.2 cm³/mol. The highest BCUT2D eigenvalue weighted by Gasteiger charge is 2.00. The van der Waals surface area contributed by atoms with Crippen molar-refractivity contribution in [1.82, 2.24) is 0 Å². The molecule has 0 aliphatic heterocycles. The van der Waals surface area contributed by atoms with Crippen molar-refractivity contribution in [2.45, 2.75) is 33.1 Å². The minimum Gasteiger partial charge on any atom is -0.462 e. The predicted octanol–water partition coefficient (Wildman–Crippen LogP) is 4.58. The van der Waals surface area contributed by atoms with Gasteiger partial charge < -0.3 is 9.73 Å². The van der Waals surface area contributed by atoms with Gasteiger partial charge in [0.25, 0.3) is 0 Å². The number of furan rings is 1. The van der Waals surface area contributed by atoms with E-state index in [1.165, 1.54) is 24.5 Å². The van der Waals surface area contributed by atoms with Crippen LogP contribution in [0.1, 0.15) is 36.8 Å². The fraction of sp³-hybridized carbons (Fsp3) is 0.278. The maximum Gasteiger partial charge on any atom is 0.248 e. The first-order valence-corrected chi connectivity index (χ1v) is 7.32. The minimum absolute atomic E-state index is 0.162. The van der Waals surface area contributed by atoms with Crippen molar-refractivity contribution >= 4 is 17.7 Å². The van der Waals surface area contributed by atoms with E-state index in [-0.39, 0.29) is 5.91 Å². The summed E-state index contributed by atoms with van der Waals surface area (Å²) in [5, 5.41) is 2.83. The molecular formula is C18H21NO2. The molecule has 21 heavy (non-hydrogen) atoms. The third-order valence-corrected chi connectivity index (χ3v) is 3.20. The van der Waals surface area contributed by atoms with Crippen molar-refractivity contribution in [3.63, 3.8) is 0 Å². The Bertz CT molecular complexity index is 608. The molecule has 0 saturated heterocycles. The number of aryl methyl sites for hydroxylation is 2. The van der Waals surface area contributed by atoms with Gasteiger partial charge in [0.05, 0.1) is 0 Å². The summed E-state index contributed by atoms with van der Waals surface area (Å²) in [4.78, 5) is 11.8. The van der Waals surface area contributed by atoms with Crippen molar-refractivity contribution in [2.24, 2.45) is 0 Å². The number of rotatable bonds is 6. The van der Waals surface area contributed by atoms with E-state index in [0.29, 0.717) is 5.76 Å². The van der Waals surface area contributed by atoms with Crippen LogP contribution >= 0.6 is 0 Å². The van der Waals surface area contributed by atoms with E-state index in [4.69, 9.17) is 4.42 Å². The number of benzene rings is 1. The van der Waals surface area contributed by atoms with Gasteiger partial charge in [-0.1, -0.05) is 25.5 Å². The van der Waals surface area contributed by atoms with Gasteiger partial charge in [0, 0.05) is 11.8 Å². The lowest BCUT2D eigenvalue weighted by atomic mass is 10.1. The molecular weight excluding hydrogens is 262 g/mol. The lowest BCUT2D eigenvalue weighted by molar-refractivity contribution is -0.111. The molecule has 0 atom stereocenters. The van der Waals surface area contributed by atoms with Crippen LogP contribution in [-0.4, -0.2) is 5.91 Å². The van der Waals surface area contributed by atoms with Gasteiger partial charge in [0.15, 0.2) is 0 Å². The highest BCUT2D eigenvalue weighted by molar-refractivity contribution is 6.01. The summed E-state index contributed by atoms with van der Waals surface area (Å²) in [6, 6.07) is 11.7. The number of nitrogens with one attached hydrogen (secondary N) is 1. The van der Waals surface area contributed by atoms with Crippen LogP contribution < -0.4 is 5.32 Å². The lowest BCUT2D eigenvalue weighted by Crippen LogP contribution is -2.07. The fourth-order valence-electron chi connectivity index (χ4n) is 2.02. The summed E-state index contributed by atoms with van der Waals surface area (Å²) in [5.74, 6) is 1.35. The second-order valence-corrected chi connectivity index (χ2v) is 5.07. The first-order chi connectivity index (χ1) is 10.2. The Morgan fingerprint density at radius 1 is 1.19 bits per heavy atom. The molecule has 0 aliphatic carbocycles. The largest absolute Gasteiger partial charge is 0.462 e. The number of amides is 1. The number of anilines is 1. The van der Waals surface area contributed by atoms with E-state index in [1.807, 2.05) is 31.2 Å². The number of hydrogen-bond acceptors (Lipinski definition) is 2. The fourth-order valence-corrected chi connectivity index (χ4v) is 2.02. The molecule has 0 spiro atoms. The Morgan fingerprint density at radius 2 is 1.95 bits per heavy atom. The second-order valence-electron chi connectivity index (χ2n) is 5.07. The molecule has 0 bridgehead atoms. The van der Waals surface area contributed by atoms with E-state index in [9.17, 15) is 4.79 Å². The van der Waals surface area contributed by atoms with Crippen molar-refractivity contribution in [3.8, 4) is 0 Å². The van der Waals surface area contributed by atoms with Crippen LogP contribution in [-0.2, 0) is 11.2 Å². The average Bonchev–Trinajstić information content (AvgIpc) is 2.90. The van der Waals surface area contributed by atoms with Gasteiger partial charge in [-0.25, -0.2) is 0 Å². The van der Waals surface area contributed by atoms with Gasteiger partial charge in [-0.2, -0.15) is 0 Å². The van der Waals surface area contributed by atoms with E-state index in [0.717, 1.165) is 17.9 Å². The Labute approximate surface area is 125 Å². The van der Waals surface area contributed by atoms with Crippen LogP contribution in [0, 0.1) is 6.92 Å². The van der Waals surface area contributed by atoms with Gasteiger partial charge in [0.1, 0.15) is 11.5 Å². The van der Waals surface area contributed by atoms with Crippen LogP contribution in [0.15, 0.2) is 46.9 Å². The Morgan fingerprint density at radius 3 is 2.57 bits per heavy atom. The maximum absolute atomic E-state index is 11.8. The van der Waals surface area contributed by atoms with Gasteiger partial charge in [-0.05, 0) is 55.7 Å². The van der Waals surface area contributed by atoms with E-state index in [2.05, 4.69) is 24.4 Å². The summed E-state index contributed by atoms with van der Waals surface area (Å²) in [5.41, 5.74) is 2.11. The molecule has 3 heteroatoms. The standard InChI is InChI=1S/C18H21NO2/c1-3-4-5-15-7-9-16(10-8-15)19-18(20)13-12-17-11-6-14(2)21-17/h6-13H,3-5H2,1-2H3,(H,19,20). The third-order valence-electron chi connectivity index (χ3n) is 3.20. The molecule has 0 unspecified atom stereocenters. The molecule has 1 aromatic heterocycles. The van der Waals surface area contributed by atoms with Gasteiger partial charge >= 0.3 is 0 Å². The monoisotopic (exact) mass is 283 g/mol. The van der Waals surface area contributed by atoms with Gasteiger partial charge in [0.2, 0.25) is 5.91 Å². The first kappa shape index (κ1) is 15.1. The van der Waals surface area contributed by atoms with Crippen molar-refractivity contribution in [1.29, 1.82) is 0 Å². The molecule has 0 saturated carbocycles. The number of carbonyl (C=O) groups is 1. The zero-order valence-electron chi connectivity index (χ0n) is 12.6. The Hall–Kier alpha value is -2.29. The van der Waals surface area contributed by atoms with E-state index >= 15 is 0 Å². The number of hydrogen-bond donors (Lipinski definition) is 1. The molecule has 2 rings (SSSR count). The lowest BCUT2D eigenvalue weighted by Gasteiger charge is -2.04. The summed E-state index contributed by atoms with van der Waals surface area (Å²) in [6.07, 6.45) is 6.61. The summed E-state index contributed by atoms with van der Waals surface area (Å²) < 4.78 is 5.37. The quantitative estimate of drug-likeness (QED) is 0.788. The van der Waals surface area contributed by atoms with Crippen LogP contribution in [0.25, 0.3) is 6.08 Å². The normalized spacial score (nSPS) is 11.0. The summed E-state index contributed by atoms with van der Waals surface area (Å²) in [6.45, 7) is 4.05. The smallest absolute Gasteiger partial charge is 0.248 e. The van der Waals surface area contributed by atoms with E-state index in [1.54, 1.807) is 6.08 Å². The van der Waals surface area contributed by atoms with Crippen LogP contribution in [0.3, 0.4) is 0 Å². The Kier molecular flexibility index (Phi) is 5.38. The highest BCUT2D eigenvalue weighted by Crippen LogP contribution is 2.12.